The molecule has 1 fully saturated rings. The van der Waals surface area contributed by atoms with Gasteiger partial charge in [0, 0.05) is 12.6 Å². The molecule has 96 valence electrons. The van der Waals surface area contributed by atoms with E-state index in [0.29, 0.717) is 6.04 Å². The Kier molecular flexibility index (Phi) is 7.06. The summed E-state index contributed by atoms with van der Waals surface area (Å²) in [5, 5.41) is 3.57. The Hall–Kier alpha value is -0.0800. The second-order valence-electron chi connectivity index (χ2n) is 5.20. The largest absolute Gasteiger partial charge is 0.313 e. The monoisotopic (exact) mass is 226 g/mol. The van der Waals surface area contributed by atoms with Crippen molar-refractivity contribution in [3.63, 3.8) is 0 Å². The molecule has 1 aliphatic rings. The fourth-order valence-electron chi connectivity index (χ4n) is 2.80. The maximum Gasteiger partial charge on any atom is 0.0192 e. The van der Waals surface area contributed by atoms with Crippen LogP contribution in [-0.4, -0.2) is 37.1 Å². The van der Waals surface area contributed by atoms with Gasteiger partial charge in [0.2, 0.25) is 0 Å². The highest BCUT2D eigenvalue weighted by atomic mass is 15.2. The molecule has 2 nitrogen and oxygen atoms in total. The summed E-state index contributed by atoms with van der Waals surface area (Å²) in [4.78, 5) is 2.66. The molecule has 16 heavy (non-hydrogen) atoms. The van der Waals surface area contributed by atoms with Crippen LogP contribution in [0, 0.1) is 5.92 Å². The maximum atomic E-state index is 3.57. The Morgan fingerprint density at radius 2 is 1.88 bits per heavy atom. The van der Waals surface area contributed by atoms with E-state index in [-0.39, 0.29) is 0 Å². The van der Waals surface area contributed by atoms with Gasteiger partial charge >= 0.3 is 0 Å². The van der Waals surface area contributed by atoms with E-state index < -0.39 is 0 Å². The SMILES string of the molecule is CCCC1CCN(CC(CC)NCC)CC1. The highest BCUT2D eigenvalue weighted by Gasteiger charge is 2.20. The van der Waals surface area contributed by atoms with Crippen molar-refractivity contribution in [1.82, 2.24) is 10.2 Å². The zero-order valence-corrected chi connectivity index (χ0v) is 11.5. The fraction of sp³-hybridized carbons (Fsp3) is 1.00. The molecule has 0 amide bonds. The molecule has 1 N–H and O–H groups in total. The molecule has 0 radical (unpaired) electrons. The second-order valence-corrected chi connectivity index (χ2v) is 5.20. The third-order valence-corrected chi connectivity index (χ3v) is 3.87. The Morgan fingerprint density at radius 1 is 1.19 bits per heavy atom. The predicted octanol–water partition coefficient (Wildman–Crippen LogP) is 2.89. The number of likely N-dealkylation sites (tertiary alicyclic amines) is 1. The van der Waals surface area contributed by atoms with Crippen LogP contribution in [0.3, 0.4) is 0 Å². The van der Waals surface area contributed by atoms with Gasteiger partial charge in [0.25, 0.3) is 0 Å². The number of hydrogen-bond acceptors (Lipinski definition) is 2. The predicted molar refractivity (Wildman–Crippen MR) is 71.8 cm³/mol. The van der Waals surface area contributed by atoms with Gasteiger partial charge in [0.1, 0.15) is 0 Å². The topological polar surface area (TPSA) is 15.3 Å². The Bertz CT molecular complexity index is 162. The minimum absolute atomic E-state index is 0.702. The lowest BCUT2D eigenvalue weighted by molar-refractivity contribution is 0.162. The van der Waals surface area contributed by atoms with Gasteiger partial charge in [0.15, 0.2) is 0 Å². The molecule has 0 aliphatic carbocycles. The highest BCUT2D eigenvalue weighted by molar-refractivity contribution is 4.76. The molecule has 1 aliphatic heterocycles. The van der Waals surface area contributed by atoms with Crippen molar-refractivity contribution in [3.8, 4) is 0 Å². The molecule has 1 saturated heterocycles. The zero-order valence-electron chi connectivity index (χ0n) is 11.5. The number of likely N-dealkylation sites (N-methyl/N-ethyl adjacent to an activating group) is 1. The first-order valence-corrected chi connectivity index (χ1v) is 7.25. The van der Waals surface area contributed by atoms with Crippen molar-refractivity contribution in [3.05, 3.63) is 0 Å². The number of hydrogen-bond donors (Lipinski definition) is 1. The smallest absolute Gasteiger partial charge is 0.0192 e. The molecule has 0 spiro atoms. The molecule has 1 unspecified atom stereocenters. The zero-order chi connectivity index (χ0) is 11.8. The summed E-state index contributed by atoms with van der Waals surface area (Å²) < 4.78 is 0. The van der Waals surface area contributed by atoms with E-state index in [1.807, 2.05) is 0 Å². The summed E-state index contributed by atoms with van der Waals surface area (Å²) in [6.45, 7) is 11.8. The van der Waals surface area contributed by atoms with E-state index in [0.717, 1.165) is 12.5 Å². The van der Waals surface area contributed by atoms with Crippen molar-refractivity contribution in [2.75, 3.05) is 26.2 Å². The molecule has 2 heteroatoms. The standard InChI is InChI=1S/C14H30N2/c1-4-7-13-8-10-16(11-9-13)12-14(5-2)15-6-3/h13-15H,4-12H2,1-3H3. The maximum absolute atomic E-state index is 3.57. The van der Waals surface area contributed by atoms with Gasteiger partial charge < -0.3 is 10.2 Å². The van der Waals surface area contributed by atoms with Crippen LogP contribution >= 0.6 is 0 Å². The highest BCUT2D eigenvalue weighted by Crippen LogP contribution is 2.21. The van der Waals surface area contributed by atoms with E-state index >= 15 is 0 Å². The Balaban J connectivity index is 2.20. The van der Waals surface area contributed by atoms with Crippen molar-refractivity contribution < 1.29 is 0 Å². The van der Waals surface area contributed by atoms with Gasteiger partial charge in [-0.3, -0.25) is 0 Å². The van der Waals surface area contributed by atoms with Crippen LogP contribution in [0.2, 0.25) is 0 Å². The van der Waals surface area contributed by atoms with Crippen LogP contribution in [0.15, 0.2) is 0 Å². The van der Waals surface area contributed by atoms with Crippen LogP contribution < -0.4 is 5.32 Å². The number of piperidine rings is 1. The van der Waals surface area contributed by atoms with Gasteiger partial charge in [0.05, 0.1) is 0 Å². The van der Waals surface area contributed by atoms with Crippen LogP contribution in [-0.2, 0) is 0 Å². The Morgan fingerprint density at radius 3 is 2.38 bits per heavy atom. The van der Waals surface area contributed by atoms with E-state index in [1.165, 1.54) is 51.7 Å². The number of nitrogens with one attached hydrogen (secondary N) is 1. The van der Waals surface area contributed by atoms with Crippen LogP contribution in [0.1, 0.15) is 52.9 Å². The molecule has 0 aromatic rings. The molecule has 0 aromatic carbocycles. The first-order valence-electron chi connectivity index (χ1n) is 7.25. The first kappa shape index (κ1) is 14.0. The van der Waals surface area contributed by atoms with Gasteiger partial charge in [-0.1, -0.05) is 33.6 Å². The molecule has 1 rings (SSSR count). The molecule has 0 saturated carbocycles. The van der Waals surface area contributed by atoms with Crippen LogP contribution in [0.4, 0.5) is 0 Å². The molecule has 1 atom stereocenters. The lowest BCUT2D eigenvalue weighted by atomic mass is 9.92. The lowest BCUT2D eigenvalue weighted by Gasteiger charge is -2.34. The van der Waals surface area contributed by atoms with Gasteiger partial charge in [-0.25, -0.2) is 0 Å². The summed E-state index contributed by atoms with van der Waals surface area (Å²) in [5.41, 5.74) is 0. The van der Waals surface area contributed by atoms with Crippen molar-refractivity contribution in [2.24, 2.45) is 5.92 Å². The summed E-state index contributed by atoms with van der Waals surface area (Å²) in [5.74, 6) is 1.01. The quantitative estimate of drug-likeness (QED) is 0.718. The molecule has 0 bridgehead atoms. The molecule has 1 heterocycles. The minimum Gasteiger partial charge on any atom is -0.313 e. The average molecular weight is 226 g/mol. The third kappa shape index (κ3) is 4.84. The fourth-order valence-corrected chi connectivity index (χ4v) is 2.80. The second kappa shape index (κ2) is 8.08. The summed E-state index contributed by atoms with van der Waals surface area (Å²) in [6, 6.07) is 0.702. The normalized spacial score (nSPS) is 21.2. The molecular weight excluding hydrogens is 196 g/mol. The average Bonchev–Trinajstić information content (AvgIpc) is 2.31. The van der Waals surface area contributed by atoms with Crippen LogP contribution in [0.25, 0.3) is 0 Å². The lowest BCUT2D eigenvalue weighted by Crippen LogP contribution is -2.44. The van der Waals surface area contributed by atoms with E-state index in [2.05, 4.69) is 31.0 Å². The van der Waals surface area contributed by atoms with Crippen molar-refractivity contribution in [2.45, 2.75) is 58.9 Å². The van der Waals surface area contributed by atoms with Gasteiger partial charge in [-0.05, 0) is 44.8 Å². The summed E-state index contributed by atoms with van der Waals surface area (Å²) >= 11 is 0. The molecular formula is C14H30N2. The van der Waals surface area contributed by atoms with E-state index in [4.69, 9.17) is 0 Å². The minimum atomic E-state index is 0.702. The van der Waals surface area contributed by atoms with E-state index in [1.54, 1.807) is 0 Å². The van der Waals surface area contributed by atoms with Gasteiger partial charge in [-0.15, -0.1) is 0 Å². The molecule has 0 aromatic heterocycles. The third-order valence-electron chi connectivity index (χ3n) is 3.87. The van der Waals surface area contributed by atoms with Gasteiger partial charge in [-0.2, -0.15) is 0 Å². The number of rotatable bonds is 7. The Labute approximate surface area is 102 Å². The first-order chi connectivity index (χ1) is 7.80. The number of nitrogens with zero attached hydrogens (tertiary/aromatic N) is 1. The van der Waals surface area contributed by atoms with Crippen LogP contribution in [0.5, 0.6) is 0 Å². The summed E-state index contributed by atoms with van der Waals surface area (Å²) in [6.07, 6.45) is 6.91. The van der Waals surface area contributed by atoms with E-state index in [9.17, 15) is 0 Å². The van der Waals surface area contributed by atoms with Crippen molar-refractivity contribution >= 4 is 0 Å². The van der Waals surface area contributed by atoms with Crippen molar-refractivity contribution in [1.29, 1.82) is 0 Å². The summed E-state index contributed by atoms with van der Waals surface area (Å²) in [7, 11) is 0.